The van der Waals surface area contributed by atoms with Gasteiger partial charge in [0.2, 0.25) is 0 Å². The van der Waals surface area contributed by atoms with Gasteiger partial charge in [-0.15, -0.1) is 0 Å². The molecule has 0 bridgehead atoms. The van der Waals surface area contributed by atoms with E-state index >= 15 is 0 Å². The van der Waals surface area contributed by atoms with E-state index in [1.165, 1.54) is 12.8 Å². The Kier molecular flexibility index (Phi) is 2.91. The number of pyridine rings is 1. The van der Waals surface area contributed by atoms with Gasteiger partial charge in [-0.2, -0.15) is 0 Å². The smallest absolute Gasteiger partial charge is 0.275 e. The van der Waals surface area contributed by atoms with Crippen LogP contribution in [-0.4, -0.2) is 22.1 Å². The summed E-state index contributed by atoms with van der Waals surface area (Å²) in [7, 11) is 0. The Labute approximate surface area is 110 Å². The Morgan fingerprint density at radius 1 is 1.42 bits per heavy atom. The van der Waals surface area contributed by atoms with Crippen LogP contribution in [0.1, 0.15) is 29.1 Å². The van der Waals surface area contributed by atoms with Crippen LogP contribution in [-0.2, 0) is 0 Å². The summed E-state index contributed by atoms with van der Waals surface area (Å²) in [6, 6.07) is 5.79. The lowest BCUT2D eigenvalue weighted by atomic mass is 10.3. The minimum atomic E-state index is -0.298. The third-order valence-corrected chi connectivity index (χ3v) is 2.81. The fraction of sp³-hybridized carbons (Fsp3) is 0.308. The zero-order valence-corrected chi connectivity index (χ0v) is 10.5. The number of anilines is 2. The second kappa shape index (κ2) is 4.72. The molecule has 0 unspecified atom stereocenters. The molecular weight excluding hydrogens is 244 g/mol. The van der Waals surface area contributed by atoms with E-state index in [0.29, 0.717) is 23.3 Å². The Hall–Kier alpha value is -2.37. The van der Waals surface area contributed by atoms with Gasteiger partial charge in [0.1, 0.15) is 11.5 Å². The second-order valence-electron chi connectivity index (χ2n) is 4.63. The van der Waals surface area contributed by atoms with Crippen molar-refractivity contribution in [2.45, 2.75) is 25.8 Å². The number of aryl methyl sites for hydroxylation is 1. The highest BCUT2D eigenvalue weighted by Gasteiger charge is 2.21. The van der Waals surface area contributed by atoms with Crippen LogP contribution in [0.2, 0.25) is 0 Å². The topological polar surface area (TPSA) is 80.0 Å². The van der Waals surface area contributed by atoms with Gasteiger partial charge in [-0.25, -0.2) is 0 Å². The van der Waals surface area contributed by atoms with Gasteiger partial charge in [-0.3, -0.25) is 9.78 Å². The van der Waals surface area contributed by atoms with E-state index in [-0.39, 0.29) is 5.91 Å². The molecule has 1 fully saturated rings. The lowest BCUT2D eigenvalue weighted by molar-refractivity contribution is 0.102. The molecule has 2 aromatic heterocycles. The molecule has 1 amide bonds. The van der Waals surface area contributed by atoms with E-state index in [1.807, 2.05) is 6.07 Å². The van der Waals surface area contributed by atoms with Crippen molar-refractivity contribution >= 4 is 17.4 Å². The second-order valence-corrected chi connectivity index (χ2v) is 4.63. The third-order valence-electron chi connectivity index (χ3n) is 2.81. The average molecular weight is 258 g/mol. The van der Waals surface area contributed by atoms with Crippen molar-refractivity contribution in [3.63, 3.8) is 0 Å². The van der Waals surface area contributed by atoms with Crippen molar-refractivity contribution in [3.8, 4) is 0 Å². The van der Waals surface area contributed by atoms with Gasteiger partial charge in [0.15, 0.2) is 5.82 Å². The molecule has 98 valence electrons. The van der Waals surface area contributed by atoms with E-state index in [0.717, 1.165) is 5.69 Å². The third kappa shape index (κ3) is 2.90. The maximum atomic E-state index is 12.0. The first kappa shape index (κ1) is 11.7. The first-order chi connectivity index (χ1) is 9.20. The molecule has 0 spiro atoms. The van der Waals surface area contributed by atoms with Gasteiger partial charge in [0, 0.05) is 24.0 Å². The first-order valence-corrected chi connectivity index (χ1v) is 6.18. The number of hydrogen-bond acceptors (Lipinski definition) is 5. The number of amides is 1. The molecule has 1 aliphatic rings. The monoisotopic (exact) mass is 258 g/mol. The van der Waals surface area contributed by atoms with Crippen LogP contribution in [0, 0.1) is 6.92 Å². The molecule has 0 atom stereocenters. The minimum Gasteiger partial charge on any atom is -0.382 e. The molecule has 1 aliphatic carbocycles. The van der Waals surface area contributed by atoms with Gasteiger partial charge in [-0.05, 0) is 31.9 Å². The van der Waals surface area contributed by atoms with Crippen molar-refractivity contribution in [2.24, 2.45) is 0 Å². The van der Waals surface area contributed by atoms with Crippen LogP contribution >= 0.6 is 0 Å². The summed E-state index contributed by atoms with van der Waals surface area (Å²) in [5, 5.41) is 9.68. The summed E-state index contributed by atoms with van der Waals surface area (Å²) >= 11 is 0. The largest absolute Gasteiger partial charge is 0.382 e. The normalized spacial score (nSPS) is 14.2. The zero-order valence-electron chi connectivity index (χ0n) is 10.5. The average Bonchev–Trinajstić information content (AvgIpc) is 3.11. The number of carbonyl (C=O) groups is 1. The minimum absolute atomic E-state index is 0.298. The van der Waals surface area contributed by atoms with Gasteiger partial charge in [-0.1, -0.05) is 5.16 Å². The van der Waals surface area contributed by atoms with Crippen LogP contribution in [0.3, 0.4) is 0 Å². The lowest BCUT2D eigenvalue weighted by Crippen LogP contribution is -2.14. The first-order valence-electron chi connectivity index (χ1n) is 6.18. The number of nitrogens with one attached hydrogen (secondary N) is 2. The number of hydrogen-bond donors (Lipinski definition) is 2. The van der Waals surface area contributed by atoms with Crippen LogP contribution in [0.4, 0.5) is 11.5 Å². The molecule has 2 aromatic rings. The van der Waals surface area contributed by atoms with Crippen molar-refractivity contribution in [2.75, 3.05) is 10.6 Å². The van der Waals surface area contributed by atoms with Crippen LogP contribution in [0.15, 0.2) is 28.9 Å². The van der Waals surface area contributed by atoms with Crippen LogP contribution in [0.5, 0.6) is 0 Å². The zero-order chi connectivity index (χ0) is 13.2. The quantitative estimate of drug-likeness (QED) is 0.878. The van der Waals surface area contributed by atoms with E-state index in [1.54, 1.807) is 25.3 Å². The highest BCUT2D eigenvalue weighted by Crippen LogP contribution is 2.24. The summed E-state index contributed by atoms with van der Waals surface area (Å²) in [6.45, 7) is 1.76. The molecule has 6 heteroatoms. The molecule has 1 saturated carbocycles. The maximum absolute atomic E-state index is 12.0. The summed E-state index contributed by atoms with van der Waals surface area (Å²) in [4.78, 5) is 16.1. The van der Waals surface area contributed by atoms with Crippen molar-refractivity contribution in [1.29, 1.82) is 0 Å². The number of rotatable bonds is 4. The van der Waals surface area contributed by atoms with E-state index in [4.69, 9.17) is 4.52 Å². The van der Waals surface area contributed by atoms with Crippen molar-refractivity contribution in [3.05, 3.63) is 35.9 Å². The molecule has 6 nitrogen and oxygen atoms in total. The van der Waals surface area contributed by atoms with Gasteiger partial charge >= 0.3 is 0 Å². The van der Waals surface area contributed by atoms with E-state index < -0.39 is 0 Å². The van der Waals surface area contributed by atoms with Gasteiger partial charge in [0.25, 0.3) is 5.91 Å². The van der Waals surface area contributed by atoms with Crippen LogP contribution < -0.4 is 10.6 Å². The van der Waals surface area contributed by atoms with Crippen molar-refractivity contribution < 1.29 is 9.32 Å². The summed E-state index contributed by atoms with van der Waals surface area (Å²) in [5.74, 6) is 0.741. The molecule has 0 radical (unpaired) electrons. The Morgan fingerprint density at radius 2 is 2.26 bits per heavy atom. The summed E-state index contributed by atoms with van der Waals surface area (Å²) in [6.07, 6.45) is 3.98. The number of carbonyl (C=O) groups excluding carboxylic acids is 1. The molecule has 0 aromatic carbocycles. The number of nitrogens with zero attached hydrogens (tertiary/aromatic N) is 2. The fourth-order valence-corrected chi connectivity index (χ4v) is 1.71. The molecule has 0 aliphatic heterocycles. The van der Waals surface area contributed by atoms with E-state index in [9.17, 15) is 4.79 Å². The summed E-state index contributed by atoms with van der Waals surface area (Å²) in [5.41, 5.74) is 1.27. The Balaban J connectivity index is 1.71. The molecule has 2 heterocycles. The molecule has 2 N–H and O–H groups in total. The van der Waals surface area contributed by atoms with Gasteiger partial charge in [0.05, 0.1) is 0 Å². The predicted octanol–water partition coefficient (Wildman–Crippen LogP) is 2.20. The lowest BCUT2D eigenvalue weighted by Gasteiger charge is -2.06. The highest BCUT2D eigenvalue weighted by molar-refractivity contribution is 6.02. The predicted molar refractivity (Wildman–Crippen MR) is 70.1 cm³/mol. The van der Waals surface area contributed by atoms with Crippen molar-refractivity contribution in [1.82, 2.24) is 10.1 Å². The van der Waals surface area contributed by atoms with Crippen LogP contribution in [0.25, 0.3) is 0 Å². The van der Waals surface area contributed by atoms with Gasteiger partial charge < -0.3 is 15.2 Å². The maximum Gasteiger partial charge on any atom is 0.275 e. The molecule has 0 saturated heterocycles. The highest BCUT2D eigenvalue weighted by atomic mass is 16.5. The Bertz CT molecular complexity index is 604. The summed E-state index contributed by atoms with van der Waals surface area (Å²) < 4.78 is 4.89. The molecule has 3 rings (SSSR count). The SMILES string of the molecule is Cc1cc(NC(=O)c2cc(NC3CC3)ccn2)no1. The Morgan fingerprint density at radius 3 is 2.95 bits per heavy atom. The van der Waals surface area contributed by atoms with E-state index in [2.05, 4.69) is 20.8 Å². The fourth-order valence-electron chi connectivity index (χ4n) is 1.71. The standard InChI is InChI=1S/C13H14N4O2/c1-8-6-12(17-19-8)16-13(18)11-7-10(4-5-14-11)15-9-2-3-9/h4-7,9H,2-3H2,1H3,(H,14,15)(H,16,17,18). The molecular formula is C13H14N4O2. The number of aromatic nitrogens is 2. The molecule has 19 heavy (non-hydrogen) atoms.